The van der Waals surface area contributed by atoms with E-state index >= 15 is 0 Å². The first-order chi connectivity index (χ1) is 35.8. The molecule has 392 valence electrons. The smallest absolute Gasteiger partial charge is 0.0620 e. The van der Waals surface area contributed by atoms with Crippen molar-refractivity contribution in [3.05, 3.63) is 206 Å². The van der Waals surface area contributed by atoms with Crippen LogP contribution in [0.1, 0.15) is 0 Å². The topological polar surface area (TPSA) is 7.65 Å². The number of nitrogens with zero attached hydrogens (tertiary/aromatic N) is 2. The van der Waals surface area contributed by atoms with E-state index in [2.05, 4.69) is 216 Å². The number of hydrogen-bond donors (Lipinski definition) is 0. The zero-order valence-electron chi connectivity index (χ0n) is 36.5. The quantitative estimate of drug-likeness (QED) is 0.119. The second-order valence-corrected chi connectivity index (χ2v) is 13.4. The summed E-state index contributed by atoms with van der Waals surface area (Å²) in [5.74, 6) is 0. The molecule has 0 aliphatic rings. The molecule has 0 N–H and O–H groups in total. The molecule has 0 saturated heterocycles. The summed E-state index contributed by atoms with van der Waals surface area (Å²) in [6.07, 6.45) is 2.21. The van der Waals surface area contributed by atoms with E-state index in [1.807, 2.05) is 0 Å². The van der Waals surface area contributed by atoms with E-state index in [4.69, 9.17) is 91.5 Å². The lowest BCUT2D eigenvalue weighted by molar-refractivity contribution is 0.108. The van der Waals surface area contributed by atoms with Crippen molar-refractivity contribution in [2.24, 2.45) is 0 Å². The van der Waals surface area contributed by atoms with Crippen molar-refractivity contribution in [2.75, 3.05) is 4.90 Å². The van der Waals surface area contributed by atoms with E-state index in [0.717, 1.165) is 17.1 Å². The standard InChI is InChI=1S/C50H34N2.10F2.FH/c1-4-14-35(15-5-1)37-23-27-40(28-24-37)52(41-29-25-38(26-30-41)36-16-6-2-7-17-36)42-31-32-44-43-20-10-11-21-45(43)50-49(46(44)34-42)48(39-18-8-3-9-19-39)47-22-12-13-33-51(47)50;10*1-2;/h1-34H;;;;;;;;;;;1H. The molecule has 0 amide bonds. The molecule has 0 atom stereocenters. The molecule has 2 heterocycles. The van der Waals surface area contributed by atoms with Gasteiger partial charge in [-0.05, 0) is 92.5 Å². The van der Waals surface area contributed by atoms with Gasteiger partial charge in [0.1, 0.15) is 0 Å². The van der Waals surface area contributed by atoms with Crippen molar-refractivity contribution in [3.8, 4) is 33.4 Å². The highest BCUT2D eigenvalue weighted by atomic mass is 20.0. The van der Waals surface area contributed by atoms with Crippen LogP contribution in [0.25, 0.3) is 71.3 Å². The van der Waals surface area contributed by atoms with Gasteiger partial charge in [-0.2, -0.15) is 0 Å². The summed E-state index contributed by atoms with van der Waals surface area (Å²) < 4.78 is 162. The van der Waals surface area contributed by atoms with Crippen molar-refractivity contribution >= 4 is 55.0 Å². The number of aromatic nitrogens is 1. The van der Waals surface area contributed by atoms with Gasteiger partial charge < -0.3 is 9.30 Å². The maximum absolute atomic E-state index is 8.00. The lowest BCUT2D eigenvalue weighted by Gasteiger charge is -2.26. The molecule has 0 spiro atoms. The summed E-state index contributed by atoms with van der Waals surface area (Å²) in [6.45, 7) is 0. The number of rotatable bonds is 6. The average molecular weight is 1060 g/mol. The van der Waals surface area contributed by atoms with E-state index in [0.29, 0.717) is 0 Å². The maximum atomic E-state index is 8.00. The molecule has 0 unspecified atom stereocenters. The lowest BCUT2D eigenvalue weighted by atomic mass is 9.93. The number of anilines is 3. The monoisotopic (exact) mass is 1060 g/mol. The fourth-order valence-corrected chi connectivity index (χ4v) is 7.98. The Balaban J connectivity index is 0. The molecular formula is C50H35F21N2. The Hall–Kier alpha value is -8.37. The molecule has 2 aromatic heterocycles. The second-order valence-electron chi connectivity index (χ2n) is 13.4. The van der Waals surface area contributed by atoms with Crippen LogP contribution in [-0.4, -0.2) is 4.40 Å². The minimum Gasteiger partial charge on any atom is -0.315 e. The molecule has 8 aromatic carbocycles. The van der Waals surface area contributed by atoms with Gasteiger partial charge in [0.2, 0.25) is 0 Å². The average Bonchev–Trinajstić information content (AvgIpc) is 3.87. The Labute approximate surface area is 399 Å². The van der Waals surface area contributed by atoms with Gasteiger partial charge in [-0.3, -0.25) is 4.70 Å². The molecule has 10 rings (SSSR count). The van der Waals surface area contributed by atoms with Crippen molar-refractivity contribution < 1.29 is 96.2 Å². The Morgan fingerprint density at radius 2 is 0.603 bits per heavy atom. The van der Waals surface area contributed by atoms with Crippen LogP contribution in [0, 0.1) is 0 Å². The van der Waals surface area contributed by atoms with Crippen LogP contribution in [-0.2, 0) is 0 Å². The van der Waals surface area contributed by atoms with E-state index in [1.54, 1.807) is 0 Å². The molecule has 73 heavy (non-hydrogen) atoms. The minimum atomic E-state index is 0. The van der Waals surface area contributed by atoms with Crippen molar-refractivity contribution in [1.82, 2.24) is 4.40 Å². The first-order valence-corrected chi connectivity index (χ1v) is 19.3. The third-order valence-electron chi connectivity index (χ3n) is 10.4. The summed E-state index contributed by atoms with van der Waals surface area (Å²) in [5.41, 5.74) is 13.1. The van der Waals surface area contributed by atoms with Crippen LogP contribution in [0.5, 0.6) is 0 Å². The summed E-state index contributed by atoms with van der Waals surface area (Å²) in [5, 5.41) is 6.27. The van der Waals surface area contributed by atoms with E-state index < -0.39 is 0 Å². The molecule has 0 aliphatic heterocycles. The van der Waals surface area contributed by atoms with Crippen molar-refractivity contribution in [2.45, 2.75) is 0 Å². The third-order valence-corrected chi connectivity index (χ3v) is 10.4. The van der Waals surface area contributed by atoms with Crippen molar-refractivity contribution in [3.63, 3.8) is 0 Å². The molecule has 2 nitrogen and oxygen atoms in total. The Morgan fingerprint density at radius 1 is 0.274 bits per heavy atom. The first-order valence-electron chi connectivity index (χ1n) is 19.3. The SMILES string of the molecule is F.FF.FF.FF.FF.FF.FF.FF.FF.FF.FF.c1ccc(-c2ccc(N(c3ccc(-c4ccccc4)cc3)c3ccc4c5ccccc5c5c(c(-c6ccccc6)c6ccccn65)c4c3)cc2)cc1. The fraction of sp³-hybridized carbons (Fsp3) is 0. The van der Waals surface area contributed by atoms with E-state index in [-0.39, 0.29) is 4.70 Å². The van der Waals surface area contributed by atoms with Crippen LogP contribution >= 0.6 is 0 Å². The summed E-state index contributed by atoms with van der Waals surface area (Å²) in [7, 11) is 0. The van der Waals surface area contributed by atoms with Gasteiger partial charge in [0, 0.05) is 131 Å². The highest BCUT2D eigenvalue weighted by molar-refractivity contribution is 6.30. The molecular weight excluding hydrogens is 1030 g/mol. The summed E-state index contributed by atoms with van der Waals surface area (Å²) in [4.78, 5) is 2.39. The van der Waals surface area contributed by atoms with Gasteiger partial charge in [0.15, 0.2) is 0 Å². The highest BCUT2D eigenvalue weighted by Crippen LogP contribution is 2.46. The zero-order chi connectivity index (χ0) is 54.4. The highest BCUT2D eigenvalue weighted by Gasteiger charge is 2.21. The molecule has 0 bridgehead atoms. The van der Waals surface area contributed by atoms with E-state index in [1.165, 1.54) is 71.3 Å². The van der Waals surface area contributed by atoms with Crippen LogP contribution < -0.4 is 4.90 Å². The van der Waals surface area contributed by atoms with Gasteiger partial charge in [-0.1, -0.05) is 152 Å². The van der Waals surface area contributed by atoms with Gasteiger partial charge in [-0.25, -0.2) is 0 Å². The maximum Gasteiger partial charge on any atom is 0.0620 e. The van der Waals surface area contributed by atoms with Crippen LogP contribution in [0.15, 0.2) is 206 Å². The molecule has 23 heteroatoms. The molecule has 0 saturated carbocycles. The van der Waals surface area contributed by atoms with Crippen LogP contribution in [0.4, 0.5) is 113 Å². The van der Waals surface area contributed by atoms with Crippen LogP contribution in [0.2, 0.25) is 0 Å². The normalized spacial score (nSPS) is 8.99. The molecule has 0 aliphatic carbocycles. The summed E-state index contributed by atoms with van der Waals surface area (Å²) >= 11 is 0. The Bertz CT molecular complexity index is 2830. The lowest BCUT2D eigenvalue weighted by Crippen LogP contribution is -2.10. The predicted molar refractivity (Wildman–Crippen MR) is 246 cm³/mol. The summed E-state index contributed by atoms with van der Waals surface area (Å²) in [6, 6.07) is 72.4. The number of halogens is 21. The van der Waals surface area contributed by atoms with Crippen LogP contribution in [0.3, 0.4) is 0 Å². The fourth-order valence-electron chi connectivity index (χ4n) is 7.98. The van der Waals surface area contributed by atoms with Gasteiger partial charge in [-0.15, -0.1) is 0 Å². The zero-order valence-corrected chi connectivity index (χ0v) is 36.5. The first kappa shape index (κ1) is 66.7. The third kappa shape index (κ3) is 16.1. The minimum absolute atomic E-state index is 0. The predicted octanol–water partition coefficient (Wildman–Crippen LogP) is 22.4. The number of benzene rings is 8. The second kappa shape index (κ2) is 39.4. The molecule has 0 fully saturated rings. The van der Waals surface area contributed by atoms with E-state index in [9.17, 15) is 0 Å². The largest absolute Gasteiger partial charge is 0.315 e. The molecule has 10 aromatic rings. The Kier molecular flexibility index (Phi) is 36.0. The number of pyridine rings is 1. The van der Waals surface area contributed by atoms with Gasteiger partial charge >= 0.3 is 0 Å². The number of hydrogen-bond acceptors (Lipinski definition) is 1. The van der Waals surface area contributed by atoms with Gasteiger partial charge in [0.25, 0.3) is 0 Å². The van der Waals surface area contributed by atoms with Gasteiger partial charge in [0.05, 0.1) is 11.0 Å². The van der Waals surface area contributed by atoms with Crippen molar-refractivity contribution in [1.29, 1.82) is 0 Å². The Morgan fingerprint density at radius 3 is 1.03 bits per heavy atom. The molecule has 0 radical (unpaired) electrons. The number of fused-ring (bicyclic) bond motifs is 8.